The molecule has 0 aromatic heterocycles. The van der Waals surface area contributed by atoms with Crippen LogP contribution in [0.5, 0.6) is 0 Å². The quantitative estimate of drug-likeness (QED) is 0.601. The molecule has 0 saturated carbocycles. The second kappa shape index (κ2) is 5.63. The van der Waals surface area contributed by atoms with Gasteiger partial charge in [0.15, 0.2) is 0 Å². The summed E-state index contributed by atoms with van der Waals surface area (Å²) >= 11 is 0. The van der Waals surface area contributed by atoms with E-state index in [1.54, 1.807) is 6.08 Å². The first-order chi connectivity index (χ1) is 8.69. The Hall–Kier alpha value is -1.90. The van der Waals surface area contributed by atoms with Gasteiger partial charge in [0.2, 0.25) is 0 Å². The maximum atomic E-state index is 11.5. The van der Waals surface area contributed by atoms with Gasteiger partial charge in [0, 0.05) is 12.8 Å². The number of rotatable bonds is 4. The zero-order chi connectivity index (χ0) is 13.0. The Kier molecular flexibility index (Phi) is 3.92. The summed E-state index contributed by atoms with van der Waals surface area (Å²) in [6.07, 6.45) is 3.74. The average molecular weight is 244 g/mol. The molecule has 1 aliphatic carbocycles. The van der Waals surface area contributed by atoms with Gasteiger partial charge in [-0.3, -0.25) is 9.59 Å². The van der Waals surface area contributed by atoms with E-state index in [9.17, 15) is 9.59 Å². The lowest BCUT2D eigenvalue weighted by molar-refractivity contribution is -0.141. The van der Waals surface area contributed by atoms with E-state index in [4.69, 9.17) is 4.74 Å². The zero-order valence-corrected chi connectivity index (χ0v) is 10.3. The molecular formula is C15H16O3. The lowest BCUT2D eigenvalue weighted by Crippen LogP contribution is -2.14. The first-order valence-electron chi connectivity index (χ1n) is 6.08. The van der Waals surface area contributed by atoms with E-state index in [0.29, 0.717) is 18.6 Å². The van der Waals surface area contributed by atoms with Crippen LogP contribution in [0, 0.1) is 0 Å². The fourth-order valence-corrected chi connectivity index (χ4v) is 2.14. The van der Waals surface area contributed by atoms with Crippen LogP contribution in [0.1, 0.15) is 23.1 Å². The van der Waals surface area contributed by atoms with Crippen molar-refractivity contribution in [1.29, 1.82) is 0 Å². The van der Waals surface area contributed by atoms with E-state index in [2.05, 4.69) is 6.58 Å². The van der Waals surface area contributed by atoms with E-state index in [1.807, 2.05) is 18.2 Å². The van der Waals surface area contributed by atoms with Crippen molar-refractivity contribution < 1.29 is 14.3 Å². The Morgan fingerprint density at radius 1 is 1.33 bits per heavy atom. The number of esters is 1. The standard InChI is InChI=1S/C15H16O3/c1-2-7-18-15(17)9-11-3-4-13-10-14(16)6-5-12(13)8-11/h2-4,8H,1,5-7,9-10H2. The minimum absolute atomic E-state index is 0.248. The fraction of sp³-hybridized carbons (Fsp3) is 0.333. The summed E-state index contributed by atoms with van der Waals surface area (Å²) in [5.41, 5.74) is 3.22. The molecule has 0 unspecified atom stereocenters. The Labute approximate surface area is 106 Å². The summed E-state index contributed by atoms with van der Waals surface area (Å²) in [7, 11) is 0. The molecule has 3 nitrogen and oxygen atoms in total. The molecule has 1 aromatic carbocycles. The van der Waals surface area contributed by atoms with Gasteiger partial charge in [-0.05, 0) is 23.1 Å². The molecule has 0 aliphatic heterocycles. The molecule has 2 rings (SSSR count). The van der Waals surface area contributed by atoms with Crippen LogP contribution in [-0.4, -0.2) is 18.4 Å². The number of Topliss-reactive ketones (excluding diaryl/α,β-unsaturated/α-hetero) is 1. The van der Waals surface area contributed by atoms with Crippen molar-refractivity contribution in [3.8, 4) is 0 Å². The zero-order valence-electron chi connectivity index (χ0n) is 10.3. The molecule has 0 heterocycles. The number of aryl methyl sites for hydroxylation is 1. The highest BCUT2D eigenvalue weighted by atomic mass is 16.5. The van der Waals surface area contributed by atoms with Gasteiger partial charge in [0.25, 0.3) is 0 Å². The van der Waals surface area contributed by atoms with E-state index in [0.717, 1.165) is 17.5 Å². The molecule has 3 heteroatoms. The summed E-state index contributed by atoms with van der Waals surface area (Å²) in [5, 5.41) is 0. The van der Waals surface area contributed by atoms with Gasteiger partial charge in [-0.15, -0.1) is 0 Å². The number of carbonyl (C=O) groups excluding carboxylic acids is 2. The topological polar surface area (TPSA) is 43.4 Å². The molecule has 0 atom stereocenters. The first kappa shape index (κ1) is 12.6. The molecule has 0 bridgehead atoms. The van der Waals surface area contributed by atoms with Gasteiger partial charge < -0.3 is 4.74 Å². The maximum absolute atomic E-state index is 11.5. The van der Waals surface area contributed by atoms with Gasteiger partial charge in [-0.2, -0.15) is 0 Å². The van der Waals surface area contributed by atoms with Crippen LogP contribution >= 0.6 is 0 Å². The summed E-state index contributed by atoms with van der Waals surface area (Å²) in [6, 6.07) is 5.85. The highest BCUT2D eigenvalue weighted by molar-refractivity contribution is 5.83. The molecule has 1 aliphatic rings. The number of ether oxygens (including phenoxy) is 1. The van der Waals surface area contributed by atoms with Crippen LogP contribution < -0.4 is 0 Å². The van der Waals surface area contributed by atoms with Crippen molar-refractivity contribution in [2.24, 2.45) is 0 Å². The van der Waals surface area contributed by atoms with Gasteiger partial charge in [0.1, 0.15) is 12.4 Å². The molecule has 0 fully saturated rings. The summed E-state index contributed by atoms with van der Waals surface area (Å²) in [6.45, 7) is 3.74. The normalized spacial score (nSPS) is 13.9. The van der Waals surface area contributed by atoms with Crippen molar-refractivity contribution >= 4 is 11.8 Å². The third kappa shape index (κ3) is 3.06. The average Bonchev–Trinajstić information content (AvgIpc) is 2.36. The van der Waals surface area contributed by atoms with Gasteiger partial charge in [0.05, 0.1) is 6.42 Å². The fourth-order valence-electron chi connectivity index (χ4n) is 2.14. The van der Waals surface area contributed by atoms with Crippen LogP contribution in [0.2, 0.25) is 0 Å². The number of hydrogen-bond acceptors (Lipinski definition) is 3. The van der Waals surface area contributed by atoms with E-state index in [1.165, 1.54) is 5.56 Å². The van der Waals surface area contributed by atoms with Crippen LogP contribution in [0.3, 0.4) is 0 Å². The molecule has 1 aromatic rings. The Balaban J connectivity index is 2.05. The van der Waals surface area contributed by atoms with Crippen LogP contribution in [0.25, 0.3) is 0 Å². The highest BCUT2D eigenvalue weighted by Crippen LogP contribution is 2.20. The molecule has 0 saturated heterocycles. The molecule has 0 amide bonds. The molecule has 0 spiro atoms. The van der Waals surface area contributed by atoms with Crippen molar-refractivity contribution in [3.63, 3.8) is 0 Å². The van der Waals surface area contributed by atoms with Crippen molar-refractivity contribution in [3.05, 3.63) is 47.5 Å². The van der Waals surface area contributed by atoms with Crippen molar-refractivity contribution in [2.45, 2.75) is 25.7 Å². The SMILES string of the molecule is C=CCOC(=O)Cc1ccc2c(c1)CCC(=O)C2. The van der Waals surface area contributed by atoms with Crippen molar-refractivity contribution in [2.75, 3.05) is 6.61 Å². The van der Waals surface area contributed by atoms with Crippen molar-refractivity contribution in [1.82, 2.24) is 0 Å². The van der Waals surface area contributed by atoms with Gasteiger partial charge in [-0.1, -0.05) is 30.9 Å². The van der Waals surface area contributed by atoms with Crippen LogP contribution in [0.15, 0.2) is 30.9 Å². The smallest absolute Gasteiger partial charge is 0.310 e. The number of carbonyl (C=O) groups is 2. The Morgan fingerprint density at radius 2 is 2.17 bits per heavy atom. The van der Waals surface area contributed by atoms with Crippen LogP contribution in [0.4, 0.5) is 0 Å². The molecule has 94 valence electrons. The summed E-state index contributed by atoms with van der Waals surface area (Å²) in [5.74, 6) is 0.0439. The number of ketones is 1. The third-order valence-electron chi connectivity index (χ3n) is 3.04. The maximum Gasteiger partial charge on any atom is 0.310 e. The monoisotopic (exact) mass is 244 g/mol. The minimum Gasteiger partial charge on any atom is -0.461 e. The van der Waals surface area contributed by atoms with E-state index >= 15 is 0 Å². The second-order valence-electron chi connectivity index (χ2n) is 4.47. The second-order valence-corrected chi connectivity index (χ2v) is 4.47. The number of fused-ring (bicyclic) bond motifs is 1. The van der Waals surface area contributed by atoms with E-state index in [-0.39, 0.29) is 19.0 Å². The van der Waals surface area contributed by atoms with E-state index < -0.39 is 0 Å². The predicted octanol–water partition coefficient (Wildman–Crippen LogP) is 2.02. The largest absolute Gasteiger partial charge is 0.461 e. The lowest BCUT2D eigenvalue weighted by atomic mass is 9.89. The highest BCUT2D eigenvalue weighted by Gasteiger charge is 2.16. The predicted molar refractivity (Wildman–Crippen MR) is 68.3 cm³/mol. The lowest BCUT2D eigenvalue weighted by Gasteiger charge is -2.15. The Morgan fingerprint density at radius 3 is 2.94 bits per heavy atom. The number of benzene rings is 1. The third-order valence-corrected chi connectivity index (χ3v) is 3.04. The molecule has 18 heavy (non-hydrogen) atoms. The van der Waals surface area contributed by atoms with Crippen LogP contribution in [-0.2, 0) is 33.6 Å². The van der Waals surface area contributed by atoms with Gasteiger partial charge in [-0.25, -0.2) is 0 Å². The molecule has 0 N–H and O–H groups in total. The Bertz CT molecular complexity index is 489. The first-order valence-corrected chi connectivity index (χ1v) is 6.08. The molecular weight excluding hydrogens is 228 g/mol. The summed E-state index contributed by atoms with van der Waals surface area (Å²) < 4.78 is 4.95. The minimum atomic E-state index is -0.248. The number of hydrogen-bond donors (Lipinski definition) is 0. The molecule has 0 radical (unpaired) electrons. The van der Waals surface area contributed by atoms with Gasteiger partial charge >= 0.3 is 5.97 Å². The summed E-state index contributed by atoms with van der Waals surface area (Å²) in [4.78, 5) is 22.8.